The van der Waals surface area contributed by atoms with Crippen molar-refractivity contribution in [3.05, 3.63) is 69.3 Å². The van der Waals surface area contributed by atoms with Gasteiger partial charge in [0.05, 0.1) is 16.2 Å². The molecule has 1 heterocycles. The number of anilines is 1. The Bertz CT molecular complexity index is 902. The fourth-order valence-electron chi connectivity index (χ4n) is 3.41. The Labute approximate surface area is 163 Å². The van der Waals surface area contributed by atoms with E-state index in [9.17, 15) is 19.7 Å². The van der Waals surface area contributed by atoms with Crippen LogP contribution in [0.3, 0.4) is 0 Å². The maximum atomic E-state index is 13.4. The number of carbonyl (C=O) groups excluding carboxylic acids is 2. The molecule has 0 saturated carbocycles. The van der Waals surface area contributed by atoms with Crippen LogP contribution in [0.5, 0.6) is 0 Å². The summed E-state index contributed by atoms with van der Waals surface area (Å²) < 4.78 is 0. The van der Waals surface area contributed by atoms with Crippen LogP contribution >= 0.6 is 0 Å². The van der Waals surface area contributed by atoms with E-state index in [1.165, 1.54) is 25.1 Å². The molecule has 0 unspecified atom stereocenters. The van der Waals surface area contributed by atoms with Crippen molar-refractivity contribution in [3.63, 3.8) is 0 Å². The van der Waals surface area contributed by atoms with Gasteiger partial charge in [-0.3, -0.25) is 14.9 Å². The molecule has 2 aromatic rings. The van der Waals surface area contributed by atoms with Crippen LogP contribution in [0.15, 0.2) is 42.5 Å². The summed E-state index contributed by atoms with van der Waals surface area (Å²) in [5, 5.41) is 11.3. The summed E-state index contributed by atoms with van der Waals surface area (Å²) >= 11 is 0. The number of imide groups is 1. The Balaban J connectivity index is 2.04. The first-order chi connectivity index (χ1) is 13.4. The molecule has 0 bridgehead atoms. The zero-order chi connectivity index (χ0) is 20.3. The molecule has 0 aliphatic carbocycles. The first-order valence-electron chi connectivity index (χ1n) is 9.34. The van der Waals surface area contributed by atoms with E-state index in [1.807, 2.05) is 19.1 Å². The maximum absolute atomic E-state index is 13.4. The number of nitrogens with zero attached hydrogens (tertiary/aromatic N) is 3. The van der Waals surface area contributed by atoms with Crippen molar-refractivity contribution < 1.29 is 14.5 Å². The van der Waals surface area contributed by atoms with Crippen molar-refractivity contribution in [2.24, 2.45) is 0 Å². The summed E-state index contributed by atoms with van der Waals surface area (Å²) in [6, 6.07) is 11.1. The third-order valence-corrected chi connectivity index (χ3v) is 5.05. The summed E-state index contributed by atoms with van der Waals surface area (Å²) in [5.41, 5.74) is 1.73. The predicted octanol–water partition coefficient (Wildman–Crippen LogP) is 4.46. The van der Waals surface area contributed by atoms with Gasteiger partial charge >= 0.3 is 6.03 Å². The molecule has 3 rings (SSSR count). The number of carbonyl (C=O) groups is 2. The molecule has 0 N–H and O–H groups in total. The lowest BCUT2D eigenvalue weighted by molar-refractivity contribution is -0.385. The lowest BCUT2D eigenvalue weighted by Crippen LogP contribution is -2.48. The summed E-state index contributed by atoms with van der Waals surface area (Å²) in [6.45, 7) is 4.65. The number of nitro benzene ring substituents is 1. The van der Waals surface area contributed by atoms with Gasteiger partial charge in [-0.2, -0.15) is 0 Å². The molecule has 3 amide bonds. The minimum atomic E-state index is -0.555. The molecule has 2 aromatic carbocycles. The highest BCUT2D eigenvalue weighted by Gasteiger charge is 2.31. The number of likely N-dealkylation sites (tertiary alicyclic amines) is 1. The smallest absolute Gasteiger partial charge is 0.324 e. The Hall–Kier alpha value is -3.22. The van der Waals surface area contributed by atoms with Gasteiger partial charge in [-0.1, -0.05) is 23.8 Å². The highest BCUT2D eigenvalue weighted by atomic mass is 16.6. The van der Waals surface area contributed by atoms with E-state index in [2.05, 4.69) is 0 Å². The van der Waals surface area contributed by atoms with Gasteiger partial charge in [0.2, 0.25) is 0 Å². The molecular formula is C21H23N3O4. The van der Waals surface area contributed by atoms with Gasteiger partial charge in [0.1, 0.15) is 0 Å². The van der Waals surface area contributed by atoms with E-state index in [4.69, 9.17) is 0 Å². The molecule has 1 saturated heterocycles. The Kier molecular flexibility index (Phi) is 5.73. The summed E-state index contributed by atoms with van der Waals surface area (Å²) in [7, 11) is 0. The van der Waals surface area contributed by atoms with Crippen LogP contribution < -0.4 is 4.90 Å². The van der Waals surface area contributed by atoms with Crippen molar-refractivity contribution in [2.75, 3.05) is 18.0 Å². The summed E-state index contributed by atoms with van der Waals surface area (Å²) in [4.78, 5) is 40.1. The predicted molar refractivity (Wildman–Crippen MR) is 107 cm³/mol. The largest absolute Gasteiger partial charge is 0.331 e. The number of piperidine rings is 1. The lowest BCUT2D eigenvalue weighted by atomic mass is 10.0. The topological polar surface area (TPSA) is 83.8 Å². The second kappa shape index (κ2) is 8.21. The molecule has 0 radical (unpaired) electrons. The molecule has 1 aliphatic rings. The Morgan fingerprint density at radius 3 is 2.25 bits per heavy atom. The van der Waals surface area contributed by atoms with Crippen molar-refractivity contribution >= 4 is 23.3 Å². The van der Waals surface area contributed by atoms with Crippen LogP contribution in [0.4, 0.5) is 16.2 Å². The quantitative estimate of drug-likeness (QED) is 0.580. The molecule has 1 aliphatic heterocycles. The van der Waals surface area contributed by atoms with Gasteiger partial charge in [-0.05, 0) is 51.3 Å². The van der Waals surface area contributed by atoms with Gasteiger partial charge in [0.15, 0.2) is 0 Å². The van der Waals surface area contributed by atoms with Crippen LogP contribution in [0.1, 0.15) is 40.7 Å². The molecule has 0 aromatic heterocycles. The first-order valence-corrected chi connectivity index (χ1v) is 9.34. The summed E-state index contributed by atoms with van der Waals surface area (Å²) in [6.07, 6.45) is 2.86. The molecular weight excluding hydrogens is 358 g/mol. The monoisotopic (exact) mass is 381 g/mol. The van der Waals surface area contributed by atoms with Crippen molar-refractivity contribution in [2.45, 2.75) is 33.1 Å². The van der Waals surface area contributed by atoms with E-state index in [-0.39, 0.29) is 22.8 Å². The Morgan fingerprint density at radius 2 is 1.64 bits per heavy atom. The fraction of sp³-hybridized carbons (Fsp3) is 0.333. The van der Waals surface area contributed by atoms with E-state index < -0.39 is 10.8 Å². The molecule has 7 nitrogen and oxygen atoms in total. The molecule has 0 atom stereocenters. The summed E-state index contributed by atoms with van der Waals surface area (Å²) in [5.74, 6) is -0.555. The SMILES string of the molecule is Cc1ccc(N(C(=O)c2cccc([N+](=O)[O-])c2C)C(=O)N2CCCCC2)cc1. The fourth-order valence-corrected chi connectivity index (χ4v) is 3.41. The van der Waals surface area contributed by atoms with Gasteiger partial charge in [0, 0.05) is 24.7 Å². The van der Waals surface area contributed by atoms with Gasteiger partial charge in [0.25, 0.3) is 11.6 Å². The van der Waals surface area contributed by atoms with Gasteiger partial charge < -0.3 is 4.90 Å². The normalized spacial score (nSPS) is 13.9. The van der Waals surface area contributed by atoms with Crippen LogP contribution in [0.2, 0.25) is 0 Å². The minimum Gasteiger partial charge on any atom is -0.324 e. The number of aryl methyl sites for hydroxylation is 1. The minimum absolute atomic E-state index is 0.139. The number of hydrogen-bond acceptors (Lipinski definition) is 4. The number of benzene rings is 2. The first kappa shape index (κ1) is 19.5. The number of nitro groups is 1. The molecule has 28 heavy (non-hydrogen) atoms. The zero-order valence-corrected chi connectivity index (χ0v) is 16.1. The van der Waals surface area contributed by atoms with E-state index in [0.29, 0.717) is 18.8 Å². The van der Waals surface area contributed by atoms with Crippen LogP contribution in [0, 0.1) is 24.0 Å². The standard InChI is InChI=1S/C21H23N3O4/c1-15-9-11-17(12-10-15)23(21(26)22-13-4-3-5-14-22)20(25)18-7-6-8-19(16(18)2)24(27)28/h6-12H,3-5,13-14H2,1-2H3. The Morgan fingerprint density at radius 1 is 1.00 bits per heavy atom. The van der Waals surface area contributed by atoms with Gasteiger partial charge in [-0.15, -0.1) is 0 Å². The molecule has 146 valence electrons. The number of hydrogen-bond donors (Lipinski definition) is 0. The van der Waals surface area contributed by atoms with Crippen molar-refractivity contribution in [1.29, 1.82) is 0 Å². The highest BCUT2D eigenvalue weighted by Crippen LogP contribution is 2.26. The molecule has 1 fully saturated rings. The zero-order valence-electron chi connectivity index (χ0n) is 16.1. The van der Waals surface area contributed by atoms with E-state index in [0.717, 1.165) is 29.7 Å². The lowest BCUT2D eigenvalue weighted by Gasteiger charge is -2.32. The second-order valence-electron chi connectivity index (χ2n) is 7.01. The molecule has 0 spiro atoms. The van der Waals surface area contributed by atoms with E-state index >= 15 is 0 Å². The highest BCUT2D eigenvalue weighted by molar-refractivity contribution is 6.21. The van der Waals surface area contributed by atoms with Crippen molar-refractivity contribution in [3.8, 4) is 0 Å². The van der Waals surface area contributed by atoms with E-state index in [1.54, 1.807) is 17.0 Å². The second-order valence-corrected chi connectivity index (χ2v) is 7.01. The third kappa shape index (κ3) is 3.88. The average molecular weight is 381 g/mol. The van der Waals surface area contributed by atoms with Crippen molar-refractivity contribution in [1.82, 2.24) is 4.90 Å². The number of amides is 3. The third-order valence-electron chi connectivity index (χ3n) is 5.05. The van der Waals surface area contributed by atoms with Crippen LogP contribution in [0.25, 0.3) is 0 Å². The van der Waals surface area contributed by atoms with Crippen LogP contribution in [-0.2, 0) is 0 Å². The number of urea groups is 1. The van der Waals surface area contributed by atoms with Gasteiger partial charge in [-0.25, -0.2) is 9.69 Å². The molecule has 7 heteroatoms. The maximum Gasteiger partial charge on any atom is 0.331 e. The average Bonchev–Trinajstić information content (AvgIpc) is 2.70. The number of rotatable bonds is 3. The van der Waals surface area contributed by atoms with Crippen LogP contribution in [-0.4, -0.2) is 34.9 Å².